The van der Waals surface area contributed by atoms with Crippen LogP contribution in [0.1, 0.15) is 6.92 Å². The predicted octanol–water partition coefficient (Wildman–Crippen LogP) is -3.61. The Kier molecular flexibility index (Phi) is 165. The van der Waals surface area contributed by atoms with Crippen molar-refractivity contribution in [2.24, 2.45) is 0 Å². The molecule has 0 aromatic rings. The molecule has 0 saturated carbocycles. The van der Waals surface area contributed by atoms with Gasteiger partial charge in [0.25, 0.3) is 0 Å². The quantitative estimate of drug-likeness (QED) is 0.401. The summed E-state index contributed by atoms with van der Waals surface area (Å²) in [4.78, 5) is 9.40. The number of quaternary nitrogens is 1. The van der Waals surface area contributed by atoms with Gasteiger partial charge < -0.3 is 38.0 Å². The number of hydrogen-bond donors (Lipinski definition) is 1. The van der Waals surface area contributed by atoms with Crippen LogP contribution in [0.25, 0.3) is 0 Å². The summed E-state index contributed by atoms with van der Waals surface area (Å²) in [6, 6.07) is 0. The number of rotatable bonds is 1. The molecule has 0 atom stereocenters. The monoisotopic (exact) mass is 175 g/mol. The number of carbonyl (C=O) groups is 1. The molecule has 0 aromatic heterocycles. The molecule has 7 heteroatoms. The van der Waals surface area contributed by atoms with Crippen molar-refractivity contribution in [2.45, 2.75) is 6.92 Å². The first-order valence-electron chi connectivity index (χ1n) is 1.61. The molecular weight excluding hydrogens is 158 g/mol. The van der Waals surface area contributed by atoms with E-state index in [1.165, 1.54) is 6.08 Å². The van der Waals surface area contributed by atoms with Gasteiger partial charge in [0.2, 0.25) is 0 Å². The summed E-state index contributed by atoms with van der Waals surface area (Å²) in [7, 11) is 0. The highest BCUT2D eigenvalue weighted by Gasteiger charge is 1.61. The Hall–Kier alpha value is -0.990. The second-order valence-electron chi connectivity index (χ2n) is 0.819. The fraction of sp³-hybridized carbons (Fsp3) is 0.250. The largest absolute Gasteiger partial charge is 0.545 e. The number of carboxylic acid groups (broad SMARTS) is 1. The van der Waals surface area contributed by atoms with E-state index in [9.17, 15) is 9.90 Å². The van der Waals surface area contributed by atoms with Crippen LogP contribution in [0.4, 0.5) is 0 Å². The van der Waals surface area contributed by atoms with Crippen LogP contribution in [0.2, 0.25) is 0 Å². The zero-order valence-corrected chi connectivity index (χ0v) is 6.47. The molecule has 0 amide bonds. The van der Waals surface area contributed by atoms with E-state index in [4.69, 9.17) is 0 Å². The molecule has 0 spiro atoms. The third-order valence-electron chi connectivity index (χ3n) is 0.303. The first-order chi connectivity index (χ1) is 2.77. The Morgan fingerprint density at radius 2 is 1.45 bits per heavy atom. The Labute approximate surface area is 64.2 Å². The highest BCUT2D eigenvalue weighted by Crippen LogP contribution is 1.61. The number of hydrogen-bond acceptors (Lipinski definition) is 2. The summed E-state index contributed by atoms with van der Waals surface area (Å²) >= 11 is 0. The molecule has 0 saturated heterocycles. The second kappa shape index (κ2) is 36.0. The molecule has 7 nitrogen and oxygen atoms in total. The molecule has 11 heavy (non-hydrogen) atoms. The predicted molar refractivity (Wildman–Crippen MR) is 40.3 cm³/mol. The van der Waals surface area contributed by atoms with E-state index in [2.05, 4.69) is 0 Å². The average molecular weight is 175 g/mol. The molecule has 0 bridgehead atoms. The van der Waals surface area contributed by atoms with E-state index in [0.717, 1.165) is 6.08 Å². The van der Waals surface area contributed by atoms with Crippen molar-refractivity contribution in [1.82, 2.24) is 6.15 Å². The highest BCUT2D eigenvalue weighted by molar-refractivity contribution is 5.77. The minimum absolute atomic E-state index is 0. The first-order valence-corrected chi connectivity index (χ1v) is 1.61. The van der Waals surface area contributed by atoms with Gasteiger partial charge in [0.15, 0.2) is 0 Å². The number of aliphatic carboxylic acids is 1. The lowest BCUT2D eigenvalue weighted by atomic mass is 10.5. The summed E-state index contributed by atoms with van der Waals surface area (Å²) in [5.41, 5.74) is 0. The summed E-state index contributed by atoms with van der Waals surface area (Å²) in [6.45, 7) is 1.62. The van der Waals surface area contributed by atoms with Gasteiger partial charge in [0, 0.05) is 0 Å². The van der Waals surface area contributed by atoms with Crippen molar-refractivity contribution < 1.29 is 31.8 Å². The molecule has 0 aliphatic heterocycles. The molecule has 0 aliphatic rings. The van der Waals surface area contributed by atoms with E-state index >= 15 is 0 Å². The topological polar surface area (TPSA) is 203 Å². The molecule has 0 radical (unpaired) electrons. The zero-order chi connectivity index (χ0) is 4.99. The number of carbonyl (C=O) groups excluding carboxylic acids is 1. The van der Waals surface area contributed by atoms with Gasteiger partial charge >= 0.3 is 0 Å². The minimum Gasteiger partial charge on any atom is -0.545 e. The maximum Gasteiger partial charge on any atom is 0.0639 e. The maximum absolute atomic E-state index is 9.40. The van der Waals surface area contributed by atoms with Gasteiger partial charge in [-0.25, -0.2) is 0 Å². The number of allylic oxidation sites excluding steroid dienone is 1. The third kappa shape index (κ3) is 110. The van der Waals surface area contributed by atoms with Crippen LogP contribution in [0.3, 0.4) is 0 Å². The SMILES string of the molecule is CC=CC(=O)[O-].O.O.O.O.[NH4+]. The molecule has 0 heterocycles. The summed E-state index contributed by atoms with van der Waals surface area (Å²) in [5.74, 6) is -1.14. The third-order valence-corrected chi connectivity index (χ3v) is 0.303. The zero-order valence-electron chi connectivity index (χ0n) is 6.47. The van der Waals surface area contributed by atoms with Crippen molar-refractivity contribution in [2.75, 3.05) is 0 Å². The van der Waals surface area contributed by atoms with Gasteiger partial charge in [-0.15, -0.1) is 0 Å². The second-order valence-corrected chi connectivity index (χ2v) is 0.819. The summed E-state index contributed by atoms with van der Waals surface area (Å²) in [5, 5.41) is 9.40. The molecule has 0 unspecified atom stereocenters. The van der Waals surface area contributed by atoms with Gasteiger partial charge in [0.05, 0.1) is 5.97 Å². The molecule has 0 aromatic carbocycles. The van der Waals surface area contributed by atoms with E-state index in [-0.39, 0.29) is 28.1 Å². The fourth-order valence-electron chi connectivity index (χ4n) is 0.136. The van der Waals surface area contributed by atoms with E-state index in [1.807, 2.05) is 0 Å². The Bertz CT molecular complexity index is 82.7. The average Bonchev–Trinajstić information content (AvgIpc) is 1.35. The molecule has 0 aliphatic carbocycles. The molecule has 0 fully saturated rings. The molecule has 12 N–H and O–H groups in total. The van der Waals surface area contributed by atoms with Gasteiger partial charge in [-0.2, -0.15) is 0 Å². The first kappa shape index (κ1) is 50.5. The lowest BCUT2D eigenvalue weighted by molar-refractivity contribution is -0.297. The molecule has 0 rings (SSSR count). The van der Waals surface area contributed by atoms with Crippen molar-refractivity contribution >= 4 is 5.97 Å². The van der Waals surface area contributed by atoms with Crippen molar-refractivity contribution in [3.05, 3.63) is 12.2 Å². The standard InChI is InChI=1S/C4H6O2.H3N.4H2O/c1-2-3-4(5)6;;;;;/h2-3H,1H3,(H,5,6);1H3;4*1H2. The van der Waals surface area contributed by atoms with Crippen LogP contribution in [-0.4, -0.2) is 27.9 Å². The molecular formula is C4H17NO6. The van der Waals surface area contributed by atoms with E-state index in [0.29, 0.717) is 0 Å². The van der Waals surface area contributed by atoms with Crippen molar-refractivity contribution in [3.8, 4) is 0 Å². The van der Waals surface area contributed by atoms with Crippen LogP contribution < -0.4 is 11.3 Å². The summed E-state index contributed by atoms with van der Waals surface area (Å²) in [6.07, 6.45) is 2.38. The summed E-state index contributed by atoms with van der Waals surface area (Å²) < 4.78 is 0. The Morgan fingerprint density at radius 3 is 1.45 bits per heavy atom. The van der Waals surface area contributed by atoms with Crippen LogP contribution >= 0.6 is 0 Å². The van der Waals surface area contributed by atoms with Crippen LogP contribution in [0, 0.1) is 0 Å². The normalized spacial score (nSPS) is 5.18. The van der Waals surface area contributed by atoms with Gasteiger partial charge in [0.1, 0.15) is 0 Å². The Morgan fingerprint density at radius 1 is 1.18 bits per heavy atom. The molecule has 74 valence electrons. The fourth-order valence-corrected chi connectivity index (χ4v) is 0.136. The van der Waals surface area contributed by atoms with Crippen molar-refractivity contribution in [3.63, 3.8) is 0 Å². The van der Waals surface area contributed by atoms with Crippen LogP contribution in [0.15, 0.2) is 12.2 Å². The highest BCUT2D eigenvalue weighted by atomic mass is 16.4. The lowest BCUT2D eigenvalue weighted by Gasteiger charge is -1.83. The lowest BCUT2D eigenvalue weighted by Crippen LogP contribution is -2.18. The van der Waals surface area contributed by atoms with Gasteiger partial charge in [-0.05, 0) is 13.0 Å². The smallest absolute Gasteiger partial charge is 0.0639 e. The Balaban J connectivity index is -0.0000000125. The number of carboxylic acids is 1. The minimum atomic E-state index is -1.14. The van der Waals surface area contributed by atoms with Gasteiger partial charge in [-0.1, -0.05) is 6.08 Å². The van der Waals surface area contributed by atoms with Gasteiger partial charge in [-0.3, -0.25) is 0 Å². The van der Waals surface area contributed by atoms with E-state index < -0.39 is 5.97 Å². The van der Waals surface area contributed by atoms with Crippen LogP contribution in [-0.2, 0) is 4.79 Å². The maximum atomic E-state index is 9.40. The van der Waals surface area contributed by atoms with Crippen molar-refractivity contribution in [1.29, 1.82) is 0 Å². The van der Waals surface area contributed by atoms with E-state index in [1.54, 1.807) is 6.92 Å². The van der Waals surface area contributed by atoms with Crippen LogP contribution in [0.5, 0.6) is 0 Å².